The average molecular weight is 240 g/mol. The highest BCUT2D eigenvalue weighted by atomic mass is 16.5. The van der Waals surface area contributed by atoms with Crippen LogP contribution in [0.3, 0.4) is 0 Å². The number of rotatable bonds is 3. The highest BCUT2D eigenvalue weighted by Crippen LogP contribution is 2.33. The van der Waals surface area contributed by atoms with Crippen molar-refractivity contribution in [1.29, 1.82) is 0 Å². The first kappa shape index (κ1) is 12.8. The molecule has 2 atom stereocenters. The largest absolute Gasteiger partial charge is 0.465 e. The summed E-state index contributed by atoms with van der Waals surface area (Å²) in [6, 6.07) is 0.490. The molecule has 4 nitrogen and oxygen atoms in total. The summed E-state index contributed by atoms with van der Waals surface area (Å²) in [5.74, 6) is -0.209. The fourth-order valence-electron chi connectivity index (χ4n) is 3.10. The maximum Gasteiger partial charge on any atom is 0.326 e. The monoisotopic (exact) mass is 240 g/mol. The van der Waals surface area contributed by atoms with E-state index in [2.05, 4.69) is 4.90 Å². The van der Waals surface area contributed by atoms with Crippen molar-refractivity contribution < 1.29 is 9.53 Å². The highest BCUT2D eigenvalue weighted by molar-refractivity contribution is 5.81. The number of piperidine rings is 1. The molecule has 1 aliphatic carbocycles. The molecule has 1 heterocycles. The van der Waals surface area contributed by atoms with Crippen LogP contribution in [-0.2, 0) is 9.53 Å². The van der Waals surface area contributed by atoms with Crippen LogP contribution in [0.5, 0.6) is 0 Å². The van der Waals surface area contributed by atoms with Crippen LogP contribution in [-0.4, -0.2) is 42.1 Å². The Morgan fingerprint density at radius 1 is 1.41 bits per heavy atom. The van der Waals surface area contributed by atoms with E-state index in [1.165, 1.54) is 32.4 Å². The van der Waals surface area contributed by atoms with Gasteiger partial charge in [0.15, 0.2) is 0 Å². The van der Waals surface area contributed by atoms with Crippen molar-refractivity contribution in [3.05, 3.63) is 0 Å². The Morgan fingerprint density at radius 2 is 2.12 bits per heavy atom. The van der Waals surface area contributed by atoms with Gasteiger partial charge in [0.25, 0.3) is 0 Å². The summed E-state index contributed by atoms with van der Waals surface area (Å²) in [6.45, 7) is 4.59. The Labute approximate surface area is 103 Å². The van der Waals surface area contributed by atoms with Crippen LogP contribution in [0.15, 0.2) is 0 Å². The SMILES string of the molecule is CCOC(=O)C1(N)CCC(N2CCCCC2)C1. The van der Waals surface area contributed by atoms with Crippen LogP contribution in [0.25, 0.3) is 0 Å². The molecule has 0 aromatic heterocycles. The Balaban J connectivity index is 1.91. The number of carbonyl (C=O) groups is 1. The minimum absolute atomic E-state index is 0.209. The third kappa shape index (κ3) is 2.80. The second kappa shape index (κ2) is 5.36. The van der Waals surface area contributed by atoms with Crippen LogP contribution in [0.1, 0.15) is 45.4 Å². The van der Waals surface area contributed by atoms with E-state index in [1.54, 1.807) is 0 Å². The van der Waals surface area contributed by atoms with Crippen molar-refractivity contribution in [2.24, 2.45) is 5.73 Å². The predicted molar refractivity (Wildman–Crippen MR) is 66.6 cm³/mol. The van der Waals surface area contributed by atoms with Crippen molar-refractivity contribution in [1.82, 2.24) is 4.90 Å². The van der Waals surface area contributed by atoms with Gasteiger partial charge in [0, 0.05) is 6.04 Å². The molecule has 0 aromatic carbocycles. The van der Waals surface area contributed by atoms with Gasteiger partial charge in [0.1, 0.15) is 5.54 Å². The fourth-order valence-corrected chi connectivity index (χ4v) is 3.10. The van der Waals surface area contributed by atoms with E-state index in [0.29, 0.717) is 12.6 Å². The topological polar surface area (TPSA) is 55.6 Å². The summed E-state index contributed by atoms with van der Waals surface area (Å²) < 4.78 is 5.08. The van der Waals surface area contributed by atoms with Gasteiger partial charge in [-0.25, -0.2) is 0 Å². The Kier molecular flexibility index (Phi) is 4.05. The van der Waals surface area contributed by atoms with Gasteiger partial charge in [-0.05, 0) is 52.1 Å². The zero-order valence-electron chi connectivity index (χ0n) is 10.8. The maximum atomic E-state index is 11.8. The molecular weight excluding hydrogens is 216 g/mol. The molecule has 0 spiro atoms. The molecule has 0 aromatic rings. The number of ether oxygens (including phenoxy) is 1. The molecule has 2 aliphatic rings. The normalized spacial score (nSPS) is 34.8. The average Bonchev–Trinajstić information content (AvgIpc) is 2.75. The lowest BCUT2D eigenvalue weighted by atomic mass is 9.98. The predicted octanol–water partition coefficient (Wildman–Crippen LogP) is 1.29. The number of esters is 1. The number of hydrogen-bond donors (Lipinski definition) is 1. The molecule has 1 aliphatic heterocycles. The van der Waals surface area contributed by atoms with Crippen molar-refractivity contribution in [3.63, 3.8) is 0 Å². The van der Waals surface area contributed by atoms with Crippen molar-refractivity contribution >= 4 is 5.97 Å². The van der Waals surface area contributed by atoms with E-state index in [1.807, 2.05) is 6.92 Å². The minimum atomic E-state index is -0.724. The molecule has 2 N–H and O–H groups in total. The van der Waals surface area contributed by atoms with Crippen molar-refractivity contribution in [2.45, 2.75) is 57.0 Å². The molecule has 2 rings (SSSR count). The van der Waals surface area contributed by atoms with Gasteiger partial charge >= 0.3 is 5.97 Å². The van der Waals surface area contributed by atoms with E-state index < -0.39 is 5.54 Å². The van der Waals surface area contributed by atoms with Gasteiger partial charge in [0.05, 0.1) is 6.61 Å². The van der Waals surface area contributed by atoms with Gasteiger partial charge in [0.2, 0.25) is 0 Å². The summed E-state index contributed by atoms with van der Waals surface area (Å²) in [6.07, 6.45) is 6.49. The fraction of sp³-hybridized carbons (Fsp3) is 0.923. The van der Waals surface area contributed by atoms with Crippen LogP contribution in [0.2, 0.25) is 0 Å². The molecule has 0 bridgehead atoms. The quantitative estimate of drug-likeness (QED) is 0.755. The molecule has 98 valence electrons. The summed E-state index contributed by atoms with van der Waals surface area (Å²) in [4.78, 5) is 14.3. The summed E-state index contributed by atoms with van der Waals surface area (Å²) in [5, 5.41) is 0. The standard InChI is InChI=1S/C13H24N2O2/c1-2-17-12(16)13(14)7-6-11(10-13)15-8-4-3-5-9-15/h11H,2-10,14H2,1H3. The zero-order chi connectivity index (χ0) is 12.3. The van der Waals surface area contributed by atoms with Crippen LogP contribution in [0.4, 0.5) is 0 Å². The smallest absolute Gasteiger partial charge is 0.326 e. The van der Waals surface area contributed by atoms with E-state index in [4.69, 9.17) is 10.5 Å². The Morgan fingerprint density at radius 3 is 2.76 bits per heavy atom. The first-order valence-electron chi connectivity index (χ1n) is 6.86. The lowest BCUT2D eigenvalue weighted by molar-refractivity contribution is -0.149. The lowest BCUT2D eigenvalue weighted by Gasteiger charge is -2.33. The molecule has 0 amide bonds. The van der Waals surface area contributed by atoms with Crippen LogP contribution >= 0.6 is 0 Å². The van der Waals surface area contributed by atoms with Gasteiger partial charge < -0.3 is 15.4 Å². The lowest BCUT2D eigenvalue weighted by Crippen LogP contribution is -2.49. The molecule has 0 radical (unpaired) electrons. The van der Waals surface area contributed by atoms with Gasteiger partial charge in [-0.1, -0.05) is 6.42 Å². The molecule has 1 saturated heterocycles. The second-order valence-electron chi connectivity index (χ2n) is 5.37. The summed E-state index contributed by atoms with van der Waals surface area (Å²) in [7, 11) is 0. The minimum Gasteiger partial charge on any atom is -0.465 e. The third-order valence-electron chi connectivity index (χ3n) is 4.11. The Bertz CT molecular complexity index is 277. The number of hydrogen-bond acceptors (Lipinski definition) is 4. The number of nitrogens with two attached hydrogens (primary N) is 1. The van der Waals surface area contributed by atoms with Gasteiger partial charge in [-0.2, -0.15) is 0 Å². The van der Waals surface area contributed by atoms with E-state index in [9.17, 15) is 4.79 Å². The molecule has 4 heteroatoms. The maximum absolute atomic E-state index is 11.8. The van der Waals surface area contributed by atoms with Crippen LogP contribution in [0, 0.1) is 0 Å². The summed E-state index contributed by atoms with van der Waals surface area (Å²) >= 11 is 0. The number of carbonyl (C=O) groups excluding carboxylic acids is 1. The van der Waals surface area contributed by atoms with Crippen molar-refractivity contribution in [3.8, 4) is 0 Å². The molecule has 2 unspecified atom stereocenters. The van der Waals surface area contributed by atoms with Crippen molar-refractivity contribution in [2.75, 3.05) is 19.7 Å². The molecular formula is C13H24N2O2. The first-order valence-corrected chi connectivity index (χ1v) is 6.86. The van der Waals surface area contributed by atoms with Crippen LogP contribution < -0.4 is 5.73 Å². The Hall–Kier alpha value is -0.610. The van der Waals surface area contributed by atoms with Gasteiger partial charge in [-0.15, -0.1) is 0 Å². The zero-order valence-corrected chi connectivity index (χ0v) is 10.8. The summed E-state index contributed by atoms with van der Waals surface area (Å²) in [5.41, 5.74) is 5.46. The van der Waals surface area contributed by atoms with E-state index in [-0.39, 0.29) is 5.97 Å². The third-order valence-corrected chi connectivity index (χ3v) is 4.11. The first-order chi connectivity index (χ1) is 8.15. The molecule has 17 heavy (non-hydrogen) atoms. The van der Waals surface area contributed by atoms with E-state index >= 15 is 0 Å². The molecule has 2 fully saturated rings. The second-order valence-corrected chi connectivity index (χ2v) is 5.37. The van der Waals surface area contributed by atoms with E-state index in [0.717, 1.165) is 19.3 Å². The number of likely N-dealkylation sites (tertiary alicyclic amines) is 1. The number of nitrogens with zero attached hydrogens (tertiary/aromatic N) is 1. The molecule has 1 saturated carbocycles. The highest BCUT2D eigenvalue weighted by Gasteiger charge is 2.44. The van der Waals surface area contributed by atoms with Gasteiger partial charge in [-0.3, -0.25) is 4.79 Å².